The molecular weight excluding hydrogens is 460 g/mol. The molecule has 0 fully saturated rings. The summed E-state index contributed by atoms with van der Waals surface area (Å²) in [4.78, 5) is 0. The summed E-state index contributed by atoms with van der Waals surface area (Å²) in [6.45, 7) is 20.3. The van der Waals surface area contributed by atoms with Gasteiger partial charge in [0.2, 0.25) is 0 Å². The highest BCUT2D eigenvalue weighted by atomic mass is 14.9. The molecule has 4 aromatic carbocycles. The van der Waals surface area contributed by atoms with Crippen molar-refractivity contribution in [3.8, 4) is 11.1 Å². The van der Waals surface area contributed by atoms with Crippen LogP contribution in [0.3, 0.4) is 0 Å². The smallest absolute Gasteiger partial charge is 0.0489 e. The molecule has 0 saturated carbocycles. The average Bonchev–Trinajstić information content (AvgIpc) is 3.42. The Hall–Kier alpha value is -3.52. The first-order valence-electron chi connectivity index (χ1n) is 14.5. The monoisotopic (exact) mass is 508 g/mol. The van der Waals surface area contributed by atoms with Crippen LogP contribution in [0.25, 0.3) is 54.7 Å². The number of fused-ring (bicyclic) bond motifs is 6. The van der Waals surface area contributed by atoms with Crippen LogP contribution < -0.4 is 0 Å². The Bertz CT molecular complexity index is 1500. The van der Waals surface area contributed by atoms with Gasteiger partial charge in [0, 0.05) is 57.7 Å². The van der Waals surface area contributed by atoms with Gasteiger partial charge >= 0.3 is 0 Å². The lowest BCUT2D eigenvalue weighted by Gasteiger charge is -2.05. The third-order valence-corrected chi connectivity index (χ3v) is 6.66. The number of nitrogens with zero attached hydrogens (tertiary/aromatic N) is 2. The predicted octanol–water partition coefficient (Wildman–Crippen LogP) is 11.4. The minimum Gasteiger partial charge on any atom is -0.344 e. The molecule has 0 N–H and O–H groups in total. The molecule has 0 unspecified atom stereocenters. The van der Waals surface area contributed by atoms with Gasteiger partial charge in [-0.2, -0.15) is 0 Å². The van der Waals surface area contributed by atoms with Crippen molar-refractivity contribution in [3.05, 3.63) is 83.9 Å². The number of benzene rings is 4. The summed E-state index contributed by atoms with van der Waals surface area (Å²) in [5.41, 5.74) is 10.3. The molecule has 202 valence electrons. The van der Waals surface area contributed by atoms with Crippen LogP contribution in [-0.4, -0.2) is 9.13 Å². The topological polar surface area (TPSA) is 9.86 Å². The first-order chi connectivity index (χ1) is 18.5. The lowest BCUT2D eigenvalue weighted by molar-refractivity contribution is 1.01. The van der Waals surface area contributed by atoms with Gasteiger partial charge in [0.25, 0.3) is 0 Å². The molecule has 0 aliphatic carbocycles. The van der Waals surface area contributed by atoms with Crippen molar-refractivity contribution in [1.29, 1.82) is 0 Å². The zero-order valence-electron chi connectivity index (χ0n) is 25.8. The third kappa shape index (κ3) is 5.50. The van der Waals surface area contributed by atoms with Crippen LogP contribution in [0, 0.1) is 13.8 Å². The van der Waals surface area contributed by atoms with E-state index in [4.69, 9.17) is 0 Å². The Morgan fingerprint density at radius 3 is 0.947 bits per heavy atom. The maximum Gasteiger partial charge on any atom is 0.0489 e. The fraction of sp³-hybridized carbons (Fsp3) is 0.333. The maximum absolute atomic E-state index is 2.36. The highest BCUT2D eigenvalue weighted by Gasteiger charge is 2.12. The van der Waals surface area contributed by atoms with Gasteiger partial charge in [0.1, 0.15) is 0 Å². The van der Waals surface area contributed by atoms with E-state index in [2.05, 4.69) is 110 Å². The summed E-state index contributed by atoms with van der Waals surface area (Å²) < 4.78 is 4.59. The molecule has 2 heteroatoms. The number of hydrogen-bond donors (Lipinski definition) is 0. The summed E-state index contributed by atoms with van der Waals surface area (Å²) in [5.74, 6) is 0. The Kier molecular flexibility index (Phi) is 11.2. The van der Waals surface area contributed by atoms with Crippen LogP contribution in [0.2, 0.25) is 0 Å². The summed E-state index contributed by atoms with van der Waals surface area (Å²) in [7, 11) is 4.31. The number of aryl methyl sites for hydroxylation is 4. The minimum atomic E-state index is 1.27. The van der Waals surface area contributed by atoms with Crippen molar-refractivity contribution in [3.63, 3.8) is 0 Å². The van der Waals surface area contributed by atoms with Crippen molar-refractivity contribution in [1.82, 2.24) is 9.13 Å². The fourth-order valence-corrected chi connectivity index (χ4v) is 5.02. The van der Waals surface area contributed by atoms with E-state index in [0.29, 0.717) is 0 Å². The molecule has 2 nitrogen and oxygen atoms in total. The van der Waals surface area contributed by atoms with Gasteiger partial charge in [-0.1, -0.05) is 90.8 Å². The molecular formula is C36H48N2. The lowest BCUT2D eigenvalue weighted by Crippen LogP contribution is -1.87. The average molecular weight is 509 g/mol. The lowest BCUT2D eigenvalue weighted by atomic mass is 10.00. The first kappa shape index (κ1) is 30.7. The Morgan fingerprint density at radius 1 is 0.368 bits per heavy atom. The van der Waals surface area contributed by atoms with Crippen molar-refractivity contribution in [2.45, 2.75) is 69.2 Å². The van der Waals surface area contributed by atoms with Gasteiger partial charge in [0.05, 0.1) is 0 Å². The molecule has 0 amide bonds. The molecule has 0 saturated heterocycles. The standard InChI is InChI=1S/C28H24N2.4C2H6/c1-17-5-9-25-21(13-17)23-15-19(7-11-27(23)29(25)3)20-8-12-28-24(16-20)22-14-18(2)6-10-26(22)30(28)4;4*1-2/h5-16H,1-4H3;4*1-2H3. The quantitative estimate of drug-likeness (QED) is 0.209. The van der Waals surface area contributed by atoms with Crippen LogP contribution >= 0.6 is 0 Å². The molecule has 2 heterocycles. The molecule has 0 atom stereocenters. The molecule has 2 aromatic heterocycles. The van der Waals surface area contributed by atoms with Crippen LogP contribution in [0.15, 0.2) is 72.8 Å². The molecule has 0 bridgehead atoms. The molecule has 6 aromatic rings. The summed E-state index contributed by atoms with van der Waals surface area (Å²) in [6.07, 6.45) is 0. The molecule has 0 spiro atoms. The zero-order chi connectivity index (χ0) is 28.6. The SMILES string of the molecule is CC.CC.CC.CC.Cc1ccc2c(c1)c1cc(-c3ccc4c(c3)c3cc(C)ccc3n4C)ccc1n2C. The first-order valence-corrected chi connectivity index (χ1v) is 14.5. The number of hydrogen-bond acceptors (Lipinski definition) is 0. The Balaban J connectivity index is 0.000000583. The Labute approximate surface area is 230 Å². The van der Waals surface area contributed by atoms with E-state index in [0.717, 1.165) is 0 Å². The van der Waals surface area contributed by atoms with Crippen LogP contribution in [0.4, 0.5) is 0 Å². The molecule has 6 rings (SSSR count). The van der Waals surface area contributed by atoms with Gasteiger partial charge in [-0.3, -0.25) is 0 Å². The van der Waals surface area contributed by atoms with Gasteiger partial charge < -0.3 is 9.13 Å². The van der Waals surface area contributed by atoms with E-state index in [1.54, 1.807) is 0 Å². The predicted molar refractivity (Wildman–Crippen MR) is 175 cm³/mol. The number of rotatable bonds is 1. The third-order valence-electron chi connectivity index (χ3n) is 6.66. The van der Waals surface area contributed by atoms with Gasteiger partial charge in [0.15, 0.2) is 0 Å². The van der Waals surface area contributed by atoms with E-state index in [1.165, 1.54) is 65.9 Å². The van der Waals surface area contributed by atoms with Crippen molar-refractivity contribution < 1.29 is 0 Å². The summed E-state index contributed by atoms with van der Waals surface area (Å²) >= 11 is 0. The molecule has 0 aliphatic heterocycles. The van der Waals surface area contributed by atoms with Gasteiger partial charge in [-0.25, -0.2) is 0 Å². The van der Waals surface area contributed by atoms with Crippen molar-refractivity contribution in [2.24, 2.45) is 14.1 Å². The van der Waals surface area contributed by atoms with Crippen LogP contribution in [-0.2, 0) is 14.1 Å². The van der Waals surface area contributed by atoms with Crippen LogP contribution in [0.1, 0.15) is 66.5 Å². The highest BCUT2D eigenvalue weighted by Crippen LogP contribution is 2.35. The van der Waals surface area contributed by atoms with Crippen LogP contribution in [0.5, 0.6) is 0 Å². The van der Waals surface area contributed by atoms with Crippen molar-refractivity contribution in [2.75, 3.05) is 0 Å². The normalized spacial score (nSPS) is 10.1. The number of aromatic nitrogens is 2. The zero-order valence-corrected chi connectivity index (χ0v) is 25.8. The molecule has 0 radical (unpaired) electrons. The second-order valence-corrected chi connectivity index (χ2v) is 8.62. The van der Waals surface area contributed by atoms with Gasteiger partial charge in [-0.05, 0) is 73.5 Å². The summed E-state index contributed by atoms with van der Waals surface area (Å²) in [5, 5.41) is 5.30. The van der Waals surface area contributed by atoms with E-state index in [-0.39, 0.29) is 0 Å². The van der Waals surface area contributed by atoms with E-state index in [9.17, 15) is 0 Å². The fourth-order valence-electron chi connectivity index (χ4n) is 5.02. The van der Waals surface area contributed by atoms with E-state index < -0.39 is 0 Å². The van der Waals surface area contributed by atoms with E-state index in [1.807, 2.05) is 55.4 Å². The molecule has 0 aliphatic rings. The Morgan fingerprint density at radius 2 is 0.632 bits per heavy atom. The molecule has 38 heavy (non-hydrogen) atoms. The highest BCUT2D eigenvalue weighted by molar-refractivity contribution is 6.11. The maximum atomic E-state index is 2.36. The van der Waals surface area contributed by atoms with E-state index >= 15 is 0 Å². The second kappa shape index (κ2) is 13.9. The largest absolute Gasteiger partial charge is 0.344 e. The van der Waals surface area contributed by atoms with Gasteiger partial charge in [-0.15, -0.1) is 0 Å². The summed E-state index contributed by atoms with van der Waals surface area (Å²) in [6, 6.07) is 27.2. The second-order valence-electron chi connectivity index (χ2n) is 8.62. The van der Waals surface area contributed by atoms with Crippen molar-refractivity contribution >= 4 is 43.6 Å². The minimum absolute atomic E-state index is 1.27.